The first kappa shape index (κ1) is 17.8. The standard InChI is InChI=1S/C17H16F3N3O3/c18-17(19,20)12-3-1-2-10(6-12)11-7-14-15(24)22-8-13(23(14)9-11)4-5-21-16(25)26/h1-3,6-7,9,13,21H,4-5,8H2,(H,22,24)(H,25,26). The molecule has 0 saturated heterocycles. The number of benzene rings is 1. The Morgan fingerprint density at radius 1 is 1.31 bits per heavy atom. The average Bonchev–Trinajstić information content (AvgIpc) is 3.02. The Kier molecular flexibility index (Phi) is 4.62. The van der Waals surface area contributed by atoms with Crippen LogP contribution in [0.3, 0.4) is 0 Å². The molecule has 1 aromatic heterocycles. The molecular formula is C17H16F3N3O3. The topological polar surface area (TPSA) is 83.4 Å². The molecule has 2 aromatic rings. The van der Waals surface area contributed by atoms with Crippen LogP contribution in [0, 0.1) is 0 Å². The van der Waals surface area contributed by atoms with Crippen molar-refractivity contribution < 1.29 is 27.9 Å². The number of carbonyl (C=O) groups excluding carboxylic acids is 1. The van der Waals surface area contributed by atoms with E-state index in [4.69, 9.17) is 5.11 Å². The lowest BCUT2D eigenvalue weighted by atomic mass is 10.1. The molecule has 9 heteroatoms. The molecule has 1 aliphatic rings. The molecule has 138 valence electrons. The maximum Gasteiger partial charge on any atom is 0.416 e. The summed E-state index contributed by atoms with van der Waals surface area (Å²) in [6, 6.07) is 6.27. The van der Waals surface area contributed by atoms with E-state index in [9.17, 15) is 22.8 Å². The van der Waals surface area contributed by atoms with Gasteiger partial charge in [0.05, 0.1) is 11.6 Å². The largest absolute Gasteiger partial charge is 0.465 e. The first-order valence-electron chi connectivity index (χ1n) is 7.90. The Bertz CT molecular complexity index is 845. The maximum absolute atomic E-state index is 12.9. The number of alkyl halides is 3. The van der Waals surface area contributed by atoms with E-state index in [0.717, 1.165) is 12.1 Å². The summed E-state index contributed by atoms with van der Waals surface area (Å²) in [5, 5.41) is 13.6. The highest BCUT2D eigenvalue weighted by Gasteiger charge is 2.31. The second kappa shape index (κ2) is 6.74. The van der Waals surface area contributed by atoms with Crippen molar-refractivity contribution in [1.29, 1.82) is 0 Å². The van der Waals surface area contributed by atoms with Crippen molar-refractivity contribution in [2.75, 3.05) is 13.1 Å². The van der Waals surface area contributed by atoms with Crippen molar-refractivity contribution in [3.8, 4) is 11.1 Å². The van der Waals surface area contributed by atoms with Crippen LogP contribution in [0.1, 0.15) is 28.5 Å². The van der Waals surface area contributed by atoms with E-state index in [1.165, 1.54) is 6.07 Å². The zero-order chi connectivity index (χ0) is 18.9. The van der Waals surface area contributed by atoms with E-state index >= 15 is 0 Å². The Labute approximate surface area is 146 Å². The lowest BCUT2D eigenvalue weighted by Gasteiger charge is -2.26. The Hall–Kier alpha value is -2.97. The second-order valence-corrected chi connectivity index (χ2v) is 5.98. The molecule has 26 heavy (non-hydrogen) atoms. The van der Waals surface area contributed by atoms with Crippen LogP contribution < -0.4 is 10.6 Å². The summed E-state index contributed by atoms with van der Waals surface area (Å²) in [4.78, 5) is 22.6. The van der Waals surface area contributed by atoms with Crippen LogP contribution in [0.25, 0.3) is 11.1 Å². The van der Waals surface area contributed by atoms with Gasteiger partial charge in [-0.3, -0.25) is 4.79 Å². The van der Waals surface area contributed by atoms with Gasteiger partial charge in [-0.2, -0.15) is 13.2 Å². The third-order valence-corrected chi connectivity index (χ3v) is 4.25. The number of nitrogens with zero attached hydrogens (tertiary/aromatic N) is 1. The van der Waals surface area contributed by atoms with Crippen molar-refractivity contribution in [1.82, 2.24) is 15.2 Å². The van der Waals surface area contributed by atoms with Gasteiger partial charge in [-0.1, -0.05) is 12.1 Å². The first-order valence-corrected chi connectivity index (χ1v) is 7.90. The van der Waals surface area contributed by atoms with Gasteiger partial charge in [0.2, 0.25) is 0 Å². The molecule has 2 heterocycles. The van der Waals surface area contributed by atoms with Gasteiger partial charge in [0.15, 0.2) is 0 Å². The zero-order valence-electron chi connectivity index (χ0n) is 13.5. The molecule has 0 bridgehead atoms. The van der Waals surface area contributed by atoms with Crippen LogP contribution in [0.15, 0.2) is 36.5 Å². The molecule has 6 nitrogen and oxygen atoms in total. The van der Waals surface area contributed by atoms with E-state index in [1.807, 2.05) is 0 Å². The highest BCUT2D eigenvalue weighted by atomic mass is 19.4. The maximum atomic E-state index is 12.9. The lowest BCUT2D eigenvalue weighted by molar-refractivity contribution is -0.137. The fourth-order valence-electron chi connectivity index (χ4n) is 2.98. The predicted molar refractivity (Wildman–Crippen MR) is 86.9 cm³/mol. The van der Waals surface area contributed by atoms with Gasteiger partial charge in [-0.25, -0.2) is 4.79 Å². The number of carbonyl (C=O) groups is 2. The molecule has 2 amide bonds. The summed E-state index contributed by atoms with van der Waals surface area (Å²) >= 11 is 0. The first-order chi connectivity index (χ1) is 12.3. The van der Waals surface area contributed by atoms with Crippen molar-refractivity contribution in [2.45, 2.75) is 18.6 Å². The van der Waals surface area contributed by atoms with E-state index < -0.39 is 17.8 Å². The average molecular weight is 367 g/mol. The minimum absolute atomic E-state index is 0.186. The molecule has 0 saturated carbocycles. The molecule has 1 aliphatic heterocycles. The molecule has 0 spiro atoms. The molecular weight excluding hydrogens is 351 g/mol. The van der Waals surface area contributed by atoms with Crippen LogP contribution >= 0.6 is 0 Å². The fourth-order valence-corrected chi connectivity index (χ4v) is 2.98. The van der Waals surface area contributed by atoms with E-state index in [-0.39, 0.29) is 18.5 Å². The number of hydrogen-bond acceptors (Lipinski definition) is 2. The molecule has 1 unspecified atom stereocenters. The highest BCUT2D eigenvalue weighted by molar-refractivity contribution is 5.95. The van der Waals surface area contributed by atoms with Crippen molar-refractivity contribution >= 4 is 12.0 Å². The minimum Gasteiger partial charge on any atom is -0.465 e. The lowest BCUT2D eigenvalue weighted by Crippen LogP contribution is -2.39. The van der Waals surface area contributed by atoms with E-state index in [1.54, 1.807) is 22.9 Å². The minimum atomic E-state index is -4.45. The molecule has 0 fully saturated rings. The van der Waals surface area contributed by atoms with E-state index in [2.05, 4.69) is 10.6 Å². The summed E-state index contributed by atoms with van der Waals surface area (Å²) in [5.74, 6) is -0.314. The van der Waals surface area contributed by atoms with Gasteiger partial charge in [0, 0.05) is 24.8 Å². The number of aromatic nitrogens is 1. The molecule has 3 rings (SSSR count). The monoisotopic (exact) mass is 367 g/mol. The molecule has 0 aliphatic carbocycles. The molecule has 3 N–H and O–H groups in total. The third-order valence-electron chi connectivity index (χ3n) is 4.25. The number of amides is 2. The van der Waals surface area contributed by atoms with Crippen LogP contribution in [-0.2, 0) is 6.18 Å². The van der Waals surface area contributed by atoms with Gasteiger partial charge in [0.25, 0.3) is 5.91 Å². The third kappa shape index (κ3) is 3.66. The molecule has 0 radical (unpaired) electrons. The Balaban J connectivity index is 1.90. The van der Waals surface area contributed by atoms with Crippen LogP contribution in [-0.4, -0.2) is 34.8 Å². The van der Waals surface area contributed by atoms with Crippen molar-refractivity contribution in [3.05, 3.63) is 47.8 Å². The van der Waals surface area contributed by atoms with Crippen molar-refractivity contribution in [2.24, 2.45) is 0 Å². The van der Waals surface area contributed by atoms with Gasteiger partial charge >= 0.3 is 12.3 Å². The number of carboxylic acid groups (broad SMARTS) is 1. The van der Waals surface area contributed by atoms with Gasteiger partial charge in [-0.05, 0) is 30.2 Å². The van der Waals surface area contributed by atoms with Crippen LogP contribution in [0.5, 0.6) is 0 Å². The van der Waals surface area contributed by atoms with Gasteiger partial charge in [-0.15, -0.1) is 0 Å². The summed E-state index contributed by atoms with van der Waals surface area (Å²) in [6.45, 7) is 0.524. The Morgan fingerprint density at radius 3 is 2.77 bits per heavy atom. The predicted octanol–water partition coefficient (Wildman–Crippen LogP) is 3.12. The summed E-state index contributed by atoms with van der Waals surface area (Å²) in [7, 11) is 0. The van der Waals surface area contributed by atoms with Crippen molar-refractivity contribution in [3.63, 3.8) is 0 Å². The quantitative estimate of drug-likeness (QED) is 0.776. The highest BCUT2D eigenvalue weighted by Crippen LogP contribution is 2.33. The zero-order valence-corrected chi connectivity index (χ0v) is 13.5. The van der Waals surface area contributed by atoms with E-state index in [0.29, 0.717) is 29.8 Å². The summed E-state index contributed by atoms with van der Waals surface area (Å²) in [5.41, 5.74) is 0.436. The summed E-state index contributed by atoms with van der Waals surface area (Å²) < 4.78 is 40.4. The number of fused-ring (bicyclic) bond motifs is 1. The van der Waals surface area contributed by atoms with Crippen LogP contribution in [0.2, 0.25) is 0 Å². The van der Waals surface area contributed by atoms with Crippen LogP contribution in [0.4, 0.5) is 18.0 Å². The fraction of sp³-hybridized carbons (Fsp3) is 0.294. The second-order valence-electron chi connectivity index (χ2n) is 5.98. The smallest absolute Gasteiger partial charge is 0.416 e. The number of hydrogen-bond donors (Lipinski definition) is 3. The van der Waals surface area contributed by atoms with Gasteiger partial charge < -0.3 is 20.3 Å². The normalized spacial score (nSPS) is 16.7. The van der Waals surface area contributed by atoms with Gasteiger partial charge in [0.1, 0.15) is 5.69 Å². The Morgan fingerprint density at radius 2 is 2.08 bits per heavy atom. The number of halogens is 3. The number of nitrogens with one attached hydrogen (secondary N) is 2. The molecule has 1 atom stereocenters. The number of rotatable bonds is 4. The SMILES string of the molecule is O=C(O)NCCC1CNC(=O)c2cc(-c3cccc(C(F)(F)F)c3)cn21. The summed E-state index contributed by atoms with van der Waals surface area (Å²) in [6.07, 6.45) is -3.51. The molecule has 1 aromatic carbocycles.